The summed E-state index contributed by atoms with van der Waals surface area (Å²) in [6, 6.07) is 0.224. The molecule has 0 aromatic heterocycles. The molecule has 1 atom stereocenters. The summed E-state index contributed by atoms with van der Waals surface area (Å²) in [5.74, 6) is 0. The fourth-order valence-electron chi connectivity index (χ4n) is 0.494. The predicted octanol–water partition coefficient (Wildman–Crippen LogP) is 0.157. The number of rotatable bonds is 5. The highest BCUT2D eigenvalue weighted by molar-refractivity contribution is 5.46. The van der Waals surface area contributed by atoms with Gasteiger partial charge in [0, 0.05) is 19.8 Å². The topological polar surface area (TPSA) is 38.3 Å². The van der Waals surface area contributed by atoms with Crippen LogP contribution in [-0.4, -0.2) is 26.2 Å². The van der Waals surface area contributed by atoms with Crippen LogP contribution in [0.15, 0.2) is 0 Å². The van der Waals surface area contributed by atoms with Crippen molar-refractivity contribution in [2.45, 2.75) is 19.4 Å². The van der Waals surface area contributed by atoms with E-state index in [-0.39, 0.29) is 6.04 Å². The van der Waals surface area contributed by atoms with Crippen molar-refractivity contribution < 1.29 is 9.53 Å². The van der Waals surface area contributed by atoms with Gasteiger partial charge in [0.15, 0.2) is 0 Å². The van der Waals surface area contributed by atoms with Gasteiger partial charge >= 0.3 is 0 Å². The average Bonchev–Trinajstić information content (AvgIpc) is 1.85. The minimum absolute atomic E-state index is 0.224. The molecule has 3 heteroatoms. The molecule has 1 amide bonds. The van der Waals surface area contributed by atoms with E-state index >= 15 is 0 Å². The van der Waals surface area contributed by atoms with Crippen molar-refractivity contribution in [3.63, 3.8) is 0 Å². The third kappa shape index (κ3) is 5.30. The zero-order valence-corrected chi connectivity index (χ0v) is 5.89. The van der Waals surface area contributed by atoms with Gasteiger partial charge in [0.05, 0.1) is 0 Å². The molecule has 1 unspecified atom stereocenters. The molecule has 0 aromatic rings. The van der Waals surface area contributed by atoms with Crippen molar-refractivity contribution in [1.82, 2.24) is 5.32 Å². The van der Waals surface area contributed by atoms with Gasteiger partial charge in [0.1, 0.15) is 0 Å². The Morgan fingerprint density at radius 1 is 1.78 bits per heavy atom. The molecule has 0 heterocycles. The van der Waals surface area contributed by atoms with Gasteiger partial charge in [-0.2, -0.15) is 0 Å². The molecule has 0 spiro atoms. The fraction of sp³-hybridized carbons (Fsp3) is 0.833. The first-order chi connectivity index (χ1) is 4.31. The Kier molecular flexibility index (Phi) is 5.21. The fourth-order valence-corrected chi connectivity index (χ4v) is 0.494. The van der Waals surface area contributed by atoms with Crippen molar-refractivity contribution in [3.05, 3.63) is 0 Å². The minimum Gasteiger partial charge on any atom is -0.385 e. The molecule has 1 N–H and O–H groups in total. The molecule has 0 aliphatic heterocycles. The van der Waals surface area contributed by atoms with E-state index in [4.69, 9.17) is 4.74 Å². The molecular weight excluding hydrogens is 118 g/mol. The lowest BCUT2D eigenvalue weighted by molar-refractivity contribution is -0.110. The molecule has 0 saturated carbocycles. The second kappa shape index (κ2) is 5.56. The number of amides is 1. The second-order valence-corrected chi connectivity index (χ2v) is 1.97. The molecule has 3 nitrogen and oxygen atoms in total. The van der Waals surface area contributed by atoms with E-state index < -0.39 is 0 Å². The summed E-state index contributed by atoms with van der Waals surface area (Å²) in [6.45, 7) is 2.63. The first kappa shape index (κ1) is 8.43. The molecule has 0 bridgehead atoms. The first-order valence-electron chi connectivity index (χ1n) is 3.00. The van der Waals surface area contributed by atoms with Crippen LogP contribution in [-0.2, 0) is 9.53 Å². The van der Waals surface area contributed by atoms with Gasteiger partial charge in [0.25, 0.3) is 0 Å². The number of carbonyl (C=O) groups excluding carboxylic acids is 1. The summed E-state index contributed by atoms with van der Waals surface area (Å²) >= 11 is 0. The maximum Gasteiger partial charge on any atom is 0.207 e. The Balaban J connectivity index is 3.04. The summed E-state index contributed by atoms with van der Waals surface area (Å²) in [5, 5.41) is 2.62. The van der Waals surface area contributed by atoms with E-state index in [0.717, 1.165) is 6.42 Å². The molecule has 0 rings (SSSR count). The molecule has 0 aromatic carbocycles. The minimum atomic E-state index is 0.224. The van der Waals surface area contributed by atoms with Crippen LogP contribution in [0.4, 0.5) is 0 Å². The number of hydrogen-bond acceptors (Lipinski definition) is 2. The third-order valence-electron chi connectivity index (χ3n) is 1.11. The smallest absolute Gasteiger partial charge is 0.207 e. The predicted molar refractivity (Wildman–Crippen MR) is 35.2 cm³/mol. The van der Waals surface area contributed by atoms with Gasteiger partial charge in [-0.3, -0.25) is 4.79 Å². The van der Waals surface area contributed by atoms with E-state index in [0.29, 0.717) is 13.0 Å². The van der Waals surface area contributed by atoms with Crippen LogP contribution < -0.4 is 5.32 Å². The molecule has 0 saturated heterocycles. The van der Waals surface area contributed by atoms with Crippen molar-refractivity contribution >= 4 is 6.41 Å². The lowest BCUT2D eigenvalue weighted by atomic mass is 10.2. The normalized spacial score (nSPS) is 12.7. The van der Waals surface area contributed by atoms with Crippen molar-refractivity contribution in [3.8, 4) is 0 Å². The monoisotopic (exact) mass is 131 g/mol. The van der Waals surface area contributed by atoms with Crippen LogP contribution >= 0.6 is 0 Å². The van der Waals surface area contributed by atoms with E-state index in [1.807, 2.05) is 6.92 Å². The van der Waals surface area contributed by atoms with Gasteiger partial charge in [-0.1, -0.05) is 0 Å². The Morgan fingerprint density at radius 3 is 2.89 bits per heavy atom. The van der Waals surface area contributed by atoms with Crippen molar-refractivity contribution in [2.75, 3.05) is 13.7 Å². The molecule has 0 aliphatic rings. The van der Waals surface area contributed by atoms with Crippen LogP contribution in [0, 0.1) is 0 Å². The summed E-state index contributed by atoms with van der Waals surface area (Å²) in [7, 11) is 1.65. The lowest BCUT2D eigenvalue weighted by Crippen LogP contribution is -2.25. The van der Waals surface area contributed by atoms with Gasteiger partial charge in [-0.15, -0.1) is 0 Å². The Bertz CT molecular complexity index is 75.5. The van der Waals surface area contributed by atoms with Crippen LogP contribution in [0.1, 0.15) is 13.3 Å². The Hall–Kier alpha value is -0.570. The summed E-state index contributed by atoms with van der Waals surface area (Å²) in [4.78, 5) is 9.83. The summed E-state index contributed by atoms with van der Waals surface area (Å²) in [6.07, 6.45) is 1.58. The van der Waals surface area contributed by atoms with Crippen molar-refractivity contribution in [2.24, 2.45) is 0 Å². The molecule has 0 fully saturated rings. The van der Waals surface area contributed by atoms with E-state index in [2.05, 4.69) is 5.32 Å². The average molecular weight is 131 g/mol. The highest BCUT2D eigenvalue weighted by atomic mass is 16.5. The number of carbonyl (C=O) groups is 1. The SMILES string of the molecule is COCCC(C)NC=O. The number of nitrogens with one attached hydrogen (secondary N) is 1. The first-order valence-corrected chi connectivity index (χ1v) is 3.00. The molecule has 0 aliphatic carbocycles. The number of ether oxygens (including phenoxy) is 1. The third-order valence-corrected chi connectivity index (χ3v) is 1.11. The highest BCUT2D eigenvalue weighted by Crippen LogP contribution is 1.87. The van der Waals surface area contributed by atoms with Gasteiger partial charge in [0.2, 0.25) is 6.41 Å². The summed E-state index contributed by atoms with van der Waals surface area (Å²) in [5.41, 5.74) is 0. The molecule has 54 valence electrons. The van der Waals surface area contributed by atoms with E-state index in [1.165, 1.54) is 0 Å². The quantitative estimate of drug-likeness (QED) is 0.540. The van der Waals surface area contributed by atoms with Gasteiger partial charge in [-0.25, -0.2) is 0 Å². The standard InChI is InChI=1S/C6H13NO2/c1-6(7-5-8)3-4-9-2/h5-6H,3-4H2,1-2H3,(H,7,8). The number of methoxy groups -OCH3 is 1. The van der Waals surface area contributed by atoms with Gasteiger partial charge < -0.3 is 10.1 Å². The van der Waals surface area contributed by atoms with Crippen LogP contribution in [0.3, 0.4) is 0 Å². The zero-order valence-electron chi connectivity index (χ0n) is 5.89. The maximum absolute atomic E-state index is 9.83. The molecule has 0 radical (unpaired) electrons. The second-order valence-electron chi connectivity index (χ2n) is 1.97. The Labute approximate surface area is 55.4 Å². The van der Waals surface area contributed by atoms with Crippen LogP contribution in [0.25, 0.3) is 0 Å². The van der Waals surface area contributed by atoms with E-state index in [1.54, 1.807) is 7.11 Å². The summed E-state index contributed by atoms with van der Waals surface area (Å²) < 4.78 is 4.80. The van der Waals surface area contributed by atoms with Crippen LogP contribution in [0.5, 0.6) is 0 Å². The number of hydrogen-bond donors (Lipinski definition) is 1. The maximum atomic E-state index is 9.83. The van der Waals surface area contributed by atoms with E-state index in [9.17, 15) is 4.79 Å². The van der Waals surface area contributed by atoms with Crippen LogP contribution in [0.2, 0.25) is 0 Å². The highest BCUT2D eigenvalue weighted by Gasteiger charge is 1.96. The Morgan fingerprint density at radius 2 is 2.44 bits per heavy atom. The molecule has 9 heavy (non-hydrogen) atoms. The van der Waals surface area contributed by atoms with Gasteiger partial charge in [-0.05, 0) is 13.3 Å². The van der Waals surface area contributed by atoms with Crippen molar-refractivity contribution in [1.29, 1.82) is 0 Å². The largest absolute Gasteiger partial charge is 0.385 e. The zero-order chi connectivity index (χ0) is 7.11. The molecular formula is C6H13NO2. The lowest BCUT2D eigenvalue weighted by Gasteiger charge is -2.07.